The van der Waals surface area contributed by atoms with Crippen molar-refractivity contribution in [2.24, 2.45) is 0 Å². The monoisotopic (exact) mass is 293 g/mol. The summed E-state index contributed by atoms with van der Waals surface area (Å²) in [7, 11) is 3.28. The van der Waals surface area contributed by atoms with Crippen LogP contribution in [-0.4, -0.2) is 29.2 Å². The summed E-state index contributed by atoms with van der Waals surface area (Å²) in [5.74, 6) is 1.44. The Hall–Kier alpha value is -2.95. The van der Waals surface area contributed by atoms with Crippen LogP contribution < -0.4 is 9.47 Å². The molecule has 0 radical (unpaired) electrons. The summed E-state index contributed by atoms with van der Waals surface area (Å²) < 4.78 is 10.7. The Morgan fingerprint density at radius 3 is 2.68 bits per heavy atom. The van der Waals surface area contributed by atoms with Crippen LogP contribution in [0.4, 0.5) is 0 Å². The van der Waals surface area contributed by atoms with Crippen molar-refractivity contribution < 1.29 is 9.47 Å². The topological polar surface area (TPSA) is 62.9 Å². The maximum atomic E-state index is 5.36. The van der Waals surface area contributed by atoms with Crippen LogP contribution in [0.15, 0.2) is 42.7 Å². The van der Waals surface area contributed by atoms with Crippen molar-refractivity contribution >= 4 is 21.9 Å². The van der Waals surface area contributed by atoms with Crippen LogP contribution in [0, 0.1) is 0 Å². The maximum Gasteiger partial charge on any atom is 0.162 e. The molecule has 22 heavy (non-hydrogen) atoms. The zero-order valence-corrected chi connectivity index (χ0v) is 12.3. The van der Waals surface area contributed by atoms with Crippen molar-refractivity contribution in [3.63, 3.8) is 0 Å². The molecular weight excluding hydrogens is 278 g/mol. The van der Waals surface area contributed by atoms with E-state index in [1.807, 2.05) is 24.4 Å². The molecule has 0 spiro atoms. The van der Waals surface area contributed by atoms with E-state index in [-0.39, 0.29) is 0 Å². The number of aromatic amines is 2. The minimum absolute atomic E-state index is 0.712. The van der Waals surface area contributed by atoms with Crippen molar-refractivity contribution in [3.05, 3.63) is 42.7 Å². The van der Waals surface area contributed by atoms with E-state index in [4.69, 9.17) is 9.47 Å². The lowest BCUT2D eigenvalue weighted by Crippen LogP contribution is -1.89. The van der Waals surface area contributed by atoms with Crippen molar-refractivity contribution in [1.82, 2.24) is 15.0 Å². The predicted molar refractivity (Wildman–Crippen MR) is 86.5 cm³/mol. The normalized spacial score (nSPS) is 11.2. The fraction of sp³-hybridized carbons (Fsp3) is 0.118. The van der Waals surface area contributed by atoms with E-state index in [1.54, 1.807) is 20.4 Å². The van der Waals surface area contributed by atoms with E-state index >= 15 is 0 Å². The number of benzene rings is 1. The smallest absolute Gasteiger partial charge is 0.162 e. The van der Waals surface area contributed by atoms with Crippen molar-refractivity contribution in [2.75, 3.05) is 14.2 Å². The van der Waals surface area contributed by atoms with Crippen LogP contribution in [-0.2, 0) is 0 Å². The maximum absolute atomic E-state index is 5.36. The Morgan fingerprint density at radius 1 is 1.05 bits per heavy atom. The van der Waals surface area contributed by atoms with Gasteiger partial charge in [-0.15, -0.1) is 0 Å². The van der Waals surface area contributed by atoms with Gasteiger partial charge in [0.15, 0.2) is 11.5 Å². The fourth-order valence-electron chi connectivity index (χ4n) is 2.78. The lowest BCUT2D eigenvalue weighted by Gasteiger charge is -2.06. The van der Waals surface area contributed by atoms with Gasteiger partial charge in [-0.3, -0.25) is 0 Å². The van der Waals surface area contributed by atoms with Gasteiger partial charge in [0, 0.05) is 46.0 Å². The fourth-order valence-corrected chi connectivity index (χ4v) is 2.78. The quantitative estimate of drug-likeness (QED) is 0.605. The van der Waals surface area contributed by atoms with Gasteiger partial charge >= 0.3 is 0 Å². The van der Waals surface area contributed by atoms with E-state index in [9.17, 15) is 0 Å². The SMILES string of the molecule is COc1cc2cc(-c3c[nH]c4ncccc34)[nH]c2cc1OC. The van der Waals surface area contributed by atoms with Gasteiger partial charge in [-0.25, -0.2) is 4.98 Å². The highest BCUT2D eigenvalue weighted by Crippen LogP contribution is 2.35. The second-order valence-corrected chi connectivity index (χ2v) is 5.08. The predicted octanol–water partition coefficient (Wildman–Crippen LogP) is 3.73. The first kappa shape index (κ1) is 12.8. The minimum Gasteiger partial charge on any atom is -0.493 e. The van der Waals surface area contributed by atoms with E-state index < -0.39 is 0 Å². The molecule has 0 saturated carbocycles. The first-order valence-electron chi connectivity index (χ1n) is 6.97. The molecule has 0 bridgehead atoms. The van der Waals surface area contributed by atoms with Gasteiger partial charge < -0.3 is 19.4 Å². The summed E-state index contributed by atoms with van der Waals surface area (Å²) in [6, 6.07) is 10.0. The zero-order valence-electron chi connectivity index (χ0n) is 12.3. The van der Waals surface area contributed by atoms with E-state index in [0.717, 1.165) is 38.9 Å². The number of nitrogens with one attached hydrogen (secondary N) is 2. The molecule has 0 atom stereocenters. The summed E-state index contributed by atoms with van der Waals surface area (Å²) >= 11 is 0. The Kier molecular flexibility index (Phi) is 2.79. The number of methoxy groups -OCH3 is 2. The van der Waals surface area contributed by atoms with Crippen LogP contribution in [0.3, 0.4) is 0 Å². The molecule has 0 fully saturated rings. The molecule has 0 unspecified atom stereocenters. The third-order valence-corrected chi connectivity index (χ3v) is 3.87. The summed E-state index contributed by atoms with van der Waals surface area (Å²) in [6.45, 7) is 0. The van der Waals surface area contributed by atoms with Gasteiger partial charge in [0.1, 0.15) is 5.65 Å². The van der Waals surface area contributed by atoms with Gasteiger partial charge in [-0.05, 0) is 24.3 Å². The molecule has 4 aromatic rings. The van der Waals surface area contributed by atoms with E-state index in [1.165, 1.54) is 0 Å². The number of ether oxygens (including phenoxy) is 2. The molecule has 0 aliphatic heterocycles. The third-order valence-electron chi connectivity index (χ3n) is 3.87. The number of fused-ring (bicyclic) bond motifs is 2. The molecule has 5 nitrogen and oxygen atoms in total. The van der Waals surface area contributed by atoms with E-state index in [2.05, 4.69) is 27.1 Å². The number of hydrogen-bond donors (Lipinski definition) is 2. The lowest BCUT2D eigenvalue weighted by molar-refractivity contribution is 0.356. The molecule has 0 saturated heterocycles. The first-order chi connectivity index (χ1) is 10.8. The van der Waals surface area contributed by atoms with Crippen LogP contribution in [0.1, 0.15) is 0 Å². The Morgan fingerprint density at radius 2 is 1.86 bits per heavy atom. The molecule has 4 rings (SSSR count). The van der Waals surface area contributed by atoms with Crippen molar-refractivity contribution in [3.8, 4) is 22.8 Å². The van der Waals surface area contributed by atoms with Gasteiger partial charge in [0.2, 0.25) is 0 Å². The van der Waals surface area contributed by atoms with Crippen LogP contribution in [0.25, 0.3) is 33.2 Å². The zero-order chi connectivity index (χ0) is 15.1. The molecule has 3 aromatic heterocycles. The third kappa shape index (κ3) is 1.83. The van der Waals surface area contributed by atoms with Gasteiger partial charge in [0.05, 0.1) is 14.2 Å². The molecule has 110 valence electrons. The summed E-state index contributed by atoms with van der Waals surface area (Å²) in [5.41, 5.74) is 4.01. The molecule has 0 aliphatic carbocycles. The molecule has 0 aliphatic rings. The number of pyridine rings is 1. The van der Waals surface area contributed by atoms with Gasteiger partial charge in [-0.2, -0.15) is 0 Å². The van der Waals surface area contributed by atoms with Crippen LogP contribution in [0.2, 0.25) is 0 Å². The molecule has 3 heterocycles. The second kappa shape index (κ2) is 4.80. The number of aromatic nitrogens is 3. The second-order valence-electron chi connectivity index (χ2n) is 5.08. The molecule has 1 aromatic carbocycles. The summed E-state index contributed by atoms with van der Waals surface area (Å²) in [6.07, 6.45) is 3.75. The standard InChI is InChI=1S/C17H15N3O2/c1-21-15-7-10-6-14(20-13(10)8-16(15)22-2)12-9-19-17-11(12)4-3-5-18-17/h3-9,20H,1-2H3,(H,18,19). The van der Waals surface area contributed by atoms with E-state index in [0.29, 0.717) is 5.75 Å². The Labute approximate surface area is 126 Å². The lowest BCUT2D eigenvalue weighted by atomic mass is 10.1. The summed E-state index contributed by atoms with van der Waals surface area (Å²) in [4.78, 5) is 11.0. The first-order valence-corrected chi connectivity index (χ1v) is 6.97. The Balaban J connectivity index is 1.92. The molecule has 2 N–H and O–H groups in total. The van der Waals surface area contributed by atoms with Crippen LogP contribution >= 0.6 is 0 Å². The molecular formula is C17H15N3O2. The average Bonchev–Trinajstić information content (AvgIpc) is 3.16. The summed E-state index contributed by atoms with van der Waals surface area (Å²) in [5, 5.41) is 2.17. The van der Waals surface area contributed by atoms with Gasteiger partial charge in [0.25, 0.3) is 0 Å². The highest BCUT2D eigenvalue weighted by Gasteiger charge is 2.12. The van der Waals surface area contributed by atoms with Crippen molar-refractivity contribution in [2.45, 2.75) is 0 Å². The number of hydrogen-bond acceptors (Lipinski definition) is 3. The number of nitrogens with zero attached hydrogens (tertiary/aromatic N) is 1. The highest BCUT2D eigenvalue weighted by atomic mass is 16.5. The molecule has 5 heteroatoms. The minimum atomic E-state index is 0.712. The van der Waals surface area contributed by atoms with Crippen molar-refractivity contribution in [1.29, 1.82) is 0 Å². The largest absolute Gasteiger partial charge is 0.493 e. The van der Waals surface area contributed by atoms with Crippen LogP contribution in [0.5, 0.6) is 11.5 Å². The Bertz CT molecular complexity index is 928. The average molecular weight is 293 g/mol. The highest BCUT2D eigenvalue weighted by molar-refractivity contribution is 5.97. The van der Waals surface area contributed by atoms with Gasteiger partial charge in [-0.1, -0.05) is 0 Å². The number of rotatable bonds is 3. The molecule has 0 amide bonds. The number of H-pyrrole nitrogens is 2.